The molecule has 0 saturated carbocycles. The van der Waals surface area contributed by atoms with E-state index in [2.05, 4.69) is 0 Å². The highest BCUT2D eigenvalue weighted by Gasteiger charge is 2.27. The third kappa shape index (κ3) is 3.59. The molecule has 1 saturated heterocycles. The predicted molar refractivity (Wildman–Crippen MR) is 76.4 cm³/mol. The minimum Gasteiger partial charge on any atom is -0.334 e. The standard InChI is InChI=1S/C13H16ClFN2O.ClH/c14-9-4-5-11(12(15)7-9)13(18)17-6-2-1-3-10(17)8-16;/h4-5,7,10H,1-3,6,8,16H2;1H. The fourth-order valence-corrected chi connectivity index (χ4v) is 2.49. The summed E-state index contributed by atoms with van der Waals surface area (Å²) in [4.78, 5) is 14.0. The number of amides is 1. The van der Waals surface area contributed by atoms with Gasteiger partial charge in [-0.3, -0.25) is 4.79 Å². The topological polar surface area (TPSA) is 46.3 Å². The van der Waals surface area contributed by atoms with Crippen molar-refractivity contribution in [1.82, 2.24) is 4.90 Å². The molecule has 1 fully saturated rings. The third-order valence-electron chi connectivity index (χ3n) is 3.32. The second kappa shape index (κ2) is 7.08. The molecule has 0 spiro atoms. The zero-order chi connectivity index (χ0) is 13.1. The second-order valence-electron chi connectivity index (χ2n) is 4.51. The van der Waals surface area contributed by atoms with Crippen LogP contribution in [0.2, 0.25) is 5.02 Å². The minimum absolute atomic E-state index is 0. The van der Waals surface area contributed by atoms with Crippen LogP contribution in [0.1, 0.15) is 29.6 Å². The third-order valence-corrected chi connectivity index (χ3v) is 3.56. The summed E-state index contributed by atoms with van der Waals surface area (Å²) in [5.74, 6) is -0.867. The number of hydrogen-bond donors (Lipinski definition) is 1. The monoisotopic (exact) mass is 306 g/mol. The van der Waals surface area contributed by atoms with Crippen molar-refractivity contribution >= 4 is 29.9 Å². The maximum Gasteiger partial charge on any atom is 0.257 e. The Morgan fingerprint density at radius 3 is 2.84 bits per heavy atom. The van der Waals surface area contributed by atoms with Crippen LogP contribution in [0.25, 0.3) is 0 Å². The van der Waals surface area contributed by atoms with Crippen LogP contribution >= 0.6 is 24.0 Å². The van der Waals surface area contributed by atoms with Crippen LogP contribution in [-0.4, -0.2) is 29.9 Å². The lowest BCUT2D eigenvalue weighted by atomic mass is 10.0. The summed E-state index contributed by atoms with van der Waals surface area (Å²) in [6.07, 6.45) is 2.89. The number of halogens is 3. The van der Waals surface area contributed by atoms with Crippen molar-refractivity contribution in [3.05, 3.63) is 34.6 Å². The lowest BCUT2D eigenvalue weighted by Gasteiger charge is -2.35. The van der Waals surface area contributed by atoms with Gasteiger partial charge in [-0.25, -0.2) is 4.39 Å². The molecule has 2 rings (SSSR count). The smallest absolute Gasteiger partial charge is 0.257 e. The molecule has 6 heteroatoms. The molecule has 1 heterocycles. The molecule has 0 bridgehead atoms. The van der Waals surface area contributed by atoms with Crippen LogP contribution < -0.4 is 5.73 Å². The number of nitrogens with zero attached hydrogens (tertiary/aromatic N) is 1. The highest BCUT2D eigenvalue weighted by molar-refractivity contribution is 6.30. The van der Waals surface area contributed by atoms with Gasteiger partial charge in [-0.2, -0.15) is 0 Å². The van der Waals surface area contributed by atoms with Crippen LogP contribution in [0.4, 0.5) is 4.39 Å². The lowest BCUT2D eigenvalue weighted by molar-refractivity contribution is 0.0618. The van der Waals surface area contributed by atoms with Crippen LogP contribution in [0, 0.1) is 5.82 Å². The van der Waals surface area contributed by atoms with E-state index in [1.165, 1.54) is 12.1 Å². The maximum absolute atomic E-state index is 13.7. The van der Waals surface area contributed by atoms with Crippen LogP contribution in [0.3, 0.4) is 0 Å². The Morgan fingerprint density at radius 1 is 1.47 bits per heavy atom. The van der Waals surface area contributed by atoms with Gasteiger partial charge in [-0.1, -0.05) is 11.6 Å². The van der Waals surface area contributed by atoms with Crippen molar-refractivity contribution in [3.63, 3.8) is 0 Å². The van der Waals surface area contributed by atoms with E-state index in [0.717, 1.165) is 25.3 Å². The van der Waals surface area contributed by atoms with E-state index in [-0.39, 0.29) is 34.9 Å². The van der Waals surface area contributed by atoms with Gasteiger partial charge >= 0.3 is 0 Å². The first-order valence-corrected chi connectivity index (χ1v) is 6.47. The van der Waals surface area contributed by atoms with Gasteiger partial charge in [0, 0.05) is 24.2 Å². The van der Waals surface area contributed by atoms with E-state index in [1.54, 1.807) is 4.90 Å². The molecule has 1 amide bonds. The molecular weight excluding hydrogens is 290 g/mol. The molecule has 0 aliphatic carbocycles. The molecule has 19 heavy (non-hydrogen) atoms. The molecule has 1 unspecified atom stereocenters. The van der Waals surface area contributed by atoms with E-state index in [4.69, 9.17) is 17.3 Å². The summed E-state index contributed by atoms with van der Waals surface area (Å²) in [5.41, 5.74) is 5.73. The van der Waals surface area contributed by atoms with Gasteiger partial charge < -0.3 is 10.6 Å². The normalized spacial score (nSPS) is 18.9. The van der Waals surface area contributed by atoms with Gasteiger partial charge in [0.15, 0.2) is 0 Å². The number of likely N-dealkylation sites (tertiary alicyclic amines) is 1. The van der Waals surface area contributed by atoms with Crippen LogP contribution in [0.5, 0.6) is 0 Å². The van der Waals surface area contributed by atoms with E-state index >= 15 is 0 Å². The van der Waals surface area contributed by atoms with E-state index < -0.39 is 5.82 Å². The molecule has 1 aliphatic rings. The van der Waals surface area contributed by atoms with Crippen molar-refractivity contribution in [2.75, 3.05) is 13.1 Å². The Bertz CT molecular complexity index is 456. The number of rotatable bonds is 2. The average Bonchev–Trinajstić information content (AvgIpc) is 2.38. The zero-order valence-electron chi connectivity index (χ0n) is 10.4. The van der Waals surface area contributed by atoms with Crippen molar-refractivity contribution < 1.29 is 9.18 Å². The molecule has 2 N–H and O–H groups in total. The van der Waals surface area contributed by atoms with Crippen molar-refractivity contribution in [2.24, 2.45) is 5.73 Å². The summed E-state index contributed by atoms with van der Waals surface area (Å²) in [6, 6.07) is 4.14. The first-order valence-electron chi connectivity index (χ1n) is 6.09. The fraction of sp³-hybridized carbons (Fsp3) is 0.462. The van der Waals surface area contributed by atoms with Gasteiger partial charge in [0.25, 0.3) is 5.91 Å². The number of hydrogen-bond acceptors (Lipinski definition) is 2. The quantitative estimate of drug-likeness (QED) is 0.913. The molecule has 0 aromatic heterocycles. The van der Waals surface area contributed by atoms with Crippen LogP contribution in [-0.2, 0) is 0 Å². The number of benzene rings is 1. The van der Waals surface area contributed by atoms with Crippen molar-refractivity contribution in [3.8, 4) is 0 Å². The Kier molecular flexibility index (Phi) is 6.04. The fourth-order valence-electron chi connectivity index (χ4n) is 2.33. The largest absolute Gasteiger partial charge is 0.334 e. The molecule has 106 valence electrons. The van der Waals surface area contributed by atoms with Crippen molar-refractivity contribution in [1.29, 1.82) is 0 Å². The van der Waals surface area contributed by atoms with Crippen LogP contribution in [0.15, 0.2) is 18.2 Å². The summed E-state index contributed by atoms with van der Waals surface area (Å²) < 4.78 is 13.7. The van der Waals surface area contributed by atoms with Gasteiger partial charge in [-0.15, -0.1) is 12.4 Å². The van der Waals surface area contributed by atoms with Gasteiger partial charge in [0.2, 0.25) is 0 Å². The average molecular weight is 307 g/mol. The minimum atomic E-state index is -0.575. The number of piperidine rings is 1. The SMILES string of the molecule is Cl.NCC1CCCCN1C(=O)c1ccc(Cl)cc1F. The predicted octanol–water partition coefficient (Wildman–Crippen LogP) is 2.85. The highest BCUT2D eigenvalue weighted by Crippen LogP contribution is 2.21. The summed E-state index contributed by atoms with van der Waals surface area (Å²) in [7, 11) is 0. The molecule has 3 nitrogen and oxygen atoms in total. The molecular formula is C13H17Cl2FN2O. The molecule has 1 aromatic rings. The number of nitrogens with two attached hydrogens (primary N) is 1. The molecule has 0 radical (unpaired) electrons. The summed E-state index contributed by atoms with van der Waals surface area (Å²) >= 11 is 5.68. The molecule has 1 aliphatic heterocycles. The maximum atomic E-state index is 13.7. The lowest BCUT2D eigenvalue weighted by Crippen LogP contribution is -2.47. The van der Waals surface area contributed by atoms with E-state index in [1.807, 2.05) is 0 Å². The Labute approximate surface area is 123 Å². The van der Waals surface area contributed by atoms with Gasteiger partial charge in [0.05, 0.1) is 5.56 Å². The molecule has 1 atom stereocenters. The Hall–Kier alpha value is -0.840. The summed E-state index contributed by atoms with van der Waals surface area (Å²) in [6.45, 7) is 1.06. The number of carbonyl (C=O) groups excluding carboxylic acids is 1. The summed E-state index contributed by atoms with van der Waals surface area (Å²) in [5, 5.41) is 0.290. The highest BCUT2D eigenvalue weighted by atomic mass is 35.5. The van der Waals surface area contributed by atoms with Crippen molar-refractivity contribution in [2.45, 2.75) is 25.3 Å². The van der Waals surface area contributed by atoms with Gasteiger partial charge in [-0.05, 0) is 37.5 Å². The second-order valence-corrected chi connectivity index (χ2v) is 4.94. The van der Waals surface area contributed by atoms with E-state index in [9.17, 15) is 9.18 Å². The zero-order valence-corrected chi connectivity index (χ0v) is 12.0. The Balaban J connectivity index is 0.00000180. The Morgan fingerprint density at radius 2 is 2.21 bits per heavy atom. The van der Waals surface area contributed by atoms with E-state index in [0.29, 0.717) is 13.1 Å². The number of carbonyl (C=O) groups is 1. The first kappa shape index (κ1) is 16.2. The van der Waals surface area contributed by atoms with Gasteiger partial charge in [0.1, 0.15) is 5.82 Å². The molecule has 1 aromatic carbocycles. The first-order chi connectivity index (χ1) is 8.63.